The van der Waals surface area contributed by atoms with E-state index in [1.54, 1.807) is 0 Å². The molecule has 2 aromatic rings. The van der Waals surface area contributed by atoms with E-state index in [4.69, 9.17) is 0 Å². The van der Waals surface area contributed by atoms with Gasteiger partial charge in [-0.25, -0.2) is 0 Å². The van der Waals surface area contributed by atoms with Gasteiger partial charge in [0.2, 0.25) is 0 Å². The van der Waals surface area contributed by atoms with Crippen LogP contribution in [0.3, 0.4) is 0 Å². The number of rotatable bonds is 1. The first-order valence-electron chi connectivity index (χ1n) is 7.55. The molecule has 1 aromatic heterocycles. The molecule has 1 saturated heterocycles. The van der Waals surface area contributed by atoms with Gasteiger partial charge in [0, 0.05) is 36.4 Å². The monoisotopic (exact) mass is 269 g/mol. The van der Waals surface area contributed by atoms with E-state index in [1.807, 2.05) is 12.3 Å². The van der Waals surface area contributed by atoms with E-state index in [9.17, 15) is 0 Å². The molecule has 0 amide bonds. The molecule has 2 heterocycles. The molecule has 1 fully saturated rings. The van der Waals surface area contributed by atoms with Crippen molar-refractivity contribution < 1.29 is 0 Å². The summed E-state index contributed by atoms with van der Waals surface area (Å²) in [5.41, 5.74) is 2.40. The molecule has 2 atom stereocenters. The summed E-state index contributed by atoms with van der Waals surface area (Å²) in [6.07, 6.45) is 3.05. The Morgan fingerprint density at radius 1 is 1.25 bits per heavy atom. The number of nitrogens with zero attached hydrogens (tertiary/aromatic N) is 2. The van der Waals surface area contributed by atoms with E-state index < -0.39 is 0 Å². The second-order valence-electron chi connectivity index (χ2n) is 6.03. The second kappa shape index (κ2) is 5.80. The SMILES string of the molecule is CC1CNC(C)CCN(c2ccc3ncccc3c2)C1. The van der Waals surface area contributed by atoms with E-state index in [0.717, 1.165) is 25.2 Å². The van der Waals surface area contributed by atoms with Crippen molar-refractivity contribution in [3.8, 4) is 0 Å². The van der Waals surface area contributed by atoms with Gasteiger partial charge < -0.3 is 10.2 Å². The van der Waals surface area contributed by atoms with Crippen molar-refractivity contribution in [3.05, 3.63) is 36.5 Å². The van der Waals surface area contributed by atoms with Crippen LogP contribution in [0.4, 0.5) is 5.69 Å². The molecule has 0 spiro atoms. The van der Waals surface area contributed by atoms with Crippen LogP contribution in [-0.2, 0) is 0 Å². The molecule has 1 aliphatic rings. The second-order valence-corrected chi connectivity index (χ2v) is 6.03. The molecular weight excluding hydrogens is 246 g/mol. The fourth-order valence-corrected chi connectivity index (χ4v) is 2.88. The number of pyridine rings is 1. The maximum absolute atomic E-state index is 4.40. The lowest BCUT2D eigenvalue weighted by atomic mass is 10.1. The summed E-state index contributed by atoms with van der Waals surface area (Å²) < 4.78 is 0. The van der Waals surface area contributed by atoms with Crippen LogP contribution in [0.5, 0.6) is 0 Å². The number of nitrogens with one attached hydrogen (secondary N) is 1. The molecule has 3 rings (SSSR count). The Morgan fingerprint density at radius 3 is 3.05 bits per heavy atom. The van der Waals surface area contributed by atoms with Crippen LogP contribution in [0.15, 0.2) is 36.5 Å². The molecule has 20 heavy (non-hydrogen) atoms. The Labute approximate surface area is 121 Å². The zero-order valence-corrected chi connectivity index (χ0v) is 12.3. The largest absolute Gasteiger partial charge is 0.371 e. The summed E-state index contributed by atoms with van der Waals surface area (Å²) in [7, 11) is 0. The van der Waals surface area contributed by atoms with Crippen LogP contribution < -0.4 is 10.2 Å². The van der Waals surface area contributed by atoms with Gasteiger partial charge in [-0.15, -0.1) is 0 Å². The van der Waals surface area contributed by atoms with Gasteiger partial charge in [-0.1, -0.05) is 13.0 Å². The Morgan fingerprint density at radius 2 is 2.15 bits per heavy atom. The molecule has 2 unspecified atom stereocenters. The average Bonchev–Trinajstić information content (AvgIpc) is 2.47. The third-order valence-corrected chi connectivity index (χ3v) is 4.13. The van der Waals surface area contributed by atoms with Crippen molar-refractivity contribution in [2.24, 2.45) is 5.92 Å². The number of aromatic nitrogens is 1. The summed E-state index contributed by atoms with van der Waals surface area (Å²) in [6.45, 7) is 7.93. The number of benzene rings is 1. The van der Waals surface area contributed by atoms with Crippen molar-refractivity contribution in [2.45, 2.75) is 26.3 Å². The van der Waals surface area contributed by atoms with E-state index >= 15 is 0 Å². The highest BCUT2D eigenvalue weighted by Gasteiger charge is 2.17. The van der Waals surface area contributed by atoms with Gasteiger partial charge in [0.25, 0.3) is 0 Å². The van der Waals surface area contributed by atoms with E-state index in [2.05, 4.69) is 53.3 Å². The standard InChI is InChI=1S/C17H23N3/c1-13-11-19-14(2)7-9-20(12-13)16-5-6-17-15(10-16)4-3-8-18-17/h3-6,8,10,13-14,19H,7,9,11-12H2,1-2H3. The van der Waals surface area contributed by atoms with Gasteiger partial charge in [0.1, 0.15) is 0 Å². The van der Waals surface area contributed by atoms with Crippen LogP contribution in [0.25, 0.3) is 10.9 Å². The Kier molecular flexibility index (Phi) is 3.88. The zero-order valence-electron chi connectivity index (χ0n) is 12.3. The van der Waals surface area contributed by atoms with Crippen LogP contribution in [0, 0.1) is 5.92 Å². The van der Waals surface area contributed by atoms with Crippen LogP contribution in [0.1, 0.15) is 20.3 Å². The van der Waals surface area contributed by atoms with E-state index in [0.29, 0.717) is 12.0 Å². The smallest absolute Gasteiger partial charge is 0.0703 e. The summed E-state index contributed by atoms with van der Waals surface area (Å²) in [5, 5.41) is 4.83. The third kappa shape index (κ3) is 2.93. The van der Waals surface area contributed by atoms with Gasteiger partial charge in [-0.05, 0) is 50.1 Å². The normalized spacial score (nSPS) is 24.4. The van der Waals surface area contributed by atoms with Gasteiger partial charge in [0.05, 0.1) is 5.52 Å². The van der Waals surface area contributed by atoms with Crippen LogP contribution in [-0.4, -0.2) is 30.7 Å². The van der Waals surface area contributed by atoms with Gasteiger partial charge >= 0.3 is 0 Å². The van der Waals surface area contributed by atoms with Crippen molar-refractivity contribution in [2.75, 3.05) is 24.5 Å². The van der Waals surface area contributed by atoms with Crippen LogP contribution >= 0.6 is 0 Å². The molecule has 3 nitrogen and oxygen atoms in total. The zero-order chi connectivity index (χ0) is 13.9. The van der Waals surface area contributed by atoms with E-state index in [1.165, 1.54) is 17.5 Å². The topological polar surface area (TPSA) is 28.2 Å². The first-order chi connectivity index (χ1) is 9.72. The van der Waals surface area contributed by atoms with Crippen molar-refractivity contribution >= 4 is 16.6 Å². The molecule has 1 aliphatic heterocycles. The van der Waals surface area contributed by atoms with Gasteiger partial charge in [-0.2, -0.15) is 0 Å². The summed E-state index contributed by atoms with van der Waals surface area (Å²) >= 11 is 0. The minimum Gasteiger partial charge on any atom is -0.371 e. The molecular formula is C17H23N3. The summed E-state index contributed by atoms with van der Waals surface area (Å²) in [5.74, 6) is 0.669. The molecule has 3 heteroatoms. The quantitative estimate of drug-likeness (QED) is 0.862. The average molecular weight is 269 g/mol. The number of hydrogen-bond donors (Lipinski definition) is 1. The third-order valence-electron chi connectivity index (χ3n) is 4.13. The minimum atomic E-state index is 0.599. The lowest BCUT2D eigenvalue weighted by Crippen LogP contribution is -2.42. The number of hydrogen-bond acceptors (Lipinski definition) is 3. The van der Waals surface area contributed by atoms with Crippen molar-refractivity contribution in [1.29, 1.82) is 0 Å². The summed E-state index contributed by atoms with van der Waals surface area (Å²) in [4.78, 5) is 6.92. The van der Waals surface area contributed by atoms with Crippen LogP contribution in [0.2, 0.25) is 0 Å². The first kappa shape index (κ1) is 13.4. The molecule has 0 bridgehead atoms. The van der Waals surface area contributed by atoms with Gasteiger partial charge in [0.15, 0.2) is 0 Å². The highest BCUT2D eigenvalue weighted by atomic mass is 15.1. The predicted octanol–water partition coefficient (Wildman–Crippen LogP) is 3.06. The summed E-state index contributed by atoms with van der Waals surface area (Å²) in [6, 6.07) is 11.4. The molecule has 1 N–H and O–H groups in total. The van der Waals surface area contributed by atoms with E-state index in [-0.39, 0.29) is 0 Å². The molecule has 0 radical (unpaired) electrons. The molecule has 0 saturated carbocycles. The predicted molar refractivity (Wildman–Crippen MR) is 85.2 cm³/mol. The highest BCUT2D eigenvalue weighted by Crippen LogP contribution is 2.22. The first-order valence-corrected chi connectivity index (χ1v) is 7.55. The number of anilines is 1. The Bertz CT molecular complexity index is 581. The van der Waals surface area contributed by atoms with Crippen molar-refractivity contribution in [1.82, 2.24) is 10.3 Å². The molecule has 0 aliphatic carbocycles. The molecule has 106 valence electrons. The Hall–Kier alpha value is -1.61. The molecule has 1 aromatic carbocycles. The maximum Gasteiger partial charge on any atom is 0.0703 e. The lowest BCUT2D eigenvalue weighted by Gasteiger charge is -2.33. The number of fused-ring (bicyclic) bond motifs is 1. The Balaban J connectivity index is 1.87. The highest BCUT2D eigenvalue weighted by molar-refractivity contribution is 5.82. The fraction of sp³-hybridized carbons (Fsp3) is 0.471. The lowest BCUT2D eigenvalue weighted by molar-refractivity contribution is 0.411. The van der Waals surface area contributed by atoms with Crippen molar-refractivity contribution in [3.63, 3.8) is 0 Å². The maximum atomic E-state index is 4.40. The fourth-order valence-electron chi connectivity index (χ4n) is 2.88. The van der Waals surface area contributed by atoms with Gasteiger partial charge in [-0.3, -0.25) is 4.98 Å². The minimum absolute atomic E-state index is 0.599.